The van der Waals surface area contributed by atoms with Crippen LogP contribution in [0.1, 0.15) is 31.9 Å². The number of halogens is 1. The first-order valence-corrected chi connectivity index (χ1v) is 5.85. The summed E-state index contributed by atoms with van der Waals surface area (Å²) in [6.07, 6.45) is 1.34. The number of carbonyl (C=O) groups excluding carboxylic acids is 1. The van der Waals surface area contributed by atoms with Gasteiger partial charge in [-0.15, -0.1) is 0 Å². The van der Waals surface area contributed by atoms with Crippen molar-refractivity contribution in [3.05, 3.63) is 28.5 Å². The van der Waals surface area contributed by atoms with Crippen LogP contribution in [0.4, 0.5) is 4.79 Å². The van der Waals surface area contributed by atoms with Gasteiger partial charge in [-0.3, -0.25) is 4.90 Å². The van der Waals surface area contributed by atoms with Crippen LogP contribution in [0.2, 0.25) is 5.15 Å². The summed E-state index contributed by atoms with van der Waals surface area (Å²) in [6, 6.07) is 1.88. The molecule has 1 aliphatic rings. The molecule has 0 bridgehead atoms. The molecule has 2 heterocycles. The summed E-state index contributed by atoms with van der Waals surface area (Å²) in [5.74, 6) is 0. The van der Waals surface area contributed by atoms with E-state index < -0.39 is 5.60 Å². The zero-order valence-corrected chi connectivity index (χ0v) is 10.9. The number of aromatic nitrogens is 1. The Morgan fingerprint density at radius 1 is 1.47 bits per heavy atom. The molecule has 0 aromatic carbocycles. The molecule has 1 aromatic rings. The van der Waals surface area contributed by atoms with Gasteiger partial charge in [0.1, 0.15) is 10.8 Å². The lowest BCUT2D eigenvalue weighted by atomic mass is 10.2. The van der Waals surface area contributed by atoms with E-state index in [0.717, 1.165) is 11.1 Å². The Balaban J connectivity index is 2.10. The molecule has 1 amide bonds. The monoisotopic (exact) mass is 254 g/mol. The summed E-state index contributed by atoms with van der Waals surface area (Å²) in [7, 11) is 0. The van der Waals surface area contributed by atoms with Crippen molar-refractivity contribution in [3.63, 3.8) is 0 Å². The van der Waals surface area contributed by atoms with Gasteiger partial charge in [0.2, 0.25) is 0 Å². The molecule has 0 radical (unpaired) electrons. The number of ether oxygens (including phenoxy) is 1. The van der Waals surface area contributed by atoms with Crippen molar-refractivity contribution in [2.24, 2.45) is 0 Å². The smallest absolute Gasteiger partial charge is 0.410 e. The molecule has 0 N–H and O–H groups in total. The van der Waals surface area contributed by atoms with Crippen molar-refractivity contribution in [3.8, 4) is 0 Å². The van der Waals surface area contributed by atoms with Gasteiger partial charge in [-0.2, -0.15) is 0 Å². The van der Waals surface area contributed by atoms with E-state index in [9.17, 15) is 4.79 Å². The van der Waals surface area contributed by atoms with E-state index >= 15 is 0 Å². The van der Waals surface area contributed by atoms with Gasteiger partial charge >= 0.3 is 6.09 Å². The van der Waals surface area contributed by atoms with E-state index in [4.69, 9.17) is 16.3 Å². The van der Waals surface area contributed by atoms with Crippen LogP contribution in [-0.4, -0.2) is 21.6 Å². The maximum atomic E-state index is 11.9. The third-order valence-electron chi connectivity index (χ3n) is 2.46. The van der Waals surface area contributed by atoms with Crippen LogP contribution in [0.5, 0.6) is 0 Å². The zero-order chi connectivity index (χ0) is 12.6. The number of amides is 1. The van der Waals surface area contributed by atoms with Gasteiger partial charge in [0.05, 0.1) is 6.54 Å². The minimum Gasteiger partial charge on any atom is -0.444 e. The second-order valence-corrected chi connectivity index (χ2v) is 5.43. The summed E-state index contributed by atoms with van der Waals surface area (Å²) < 4.78 is 5.32. The fraction of sp³-hybridized carbons (Fsp3) is 0.500. The lowest BCUT2D eigenvalue weighted by Crippen LogP contribution is -2.33. The largest absolute Gasteiger partial charge is 0.444 e. The maximum absolute atomic E-state index is 11.9. The zero-order valence-electron chi connectivity index (χ0n) is 10.2. The lowest BCUT2D eigenvalue weighted by molar-refractivity contribution is 0.0242. The highest BCUT2D eigenvalue weighted by atomic mass is 35.5. The van der Waals surface area contributed by atoms with Gasteiger partial charge in [-0.1, -0.05) is 11.6 Å². The summed E-state index contributed by atoms with van der Waals surface area (Å²) in [5.41, 5.74) is 1.48. The number of pyridine rings is 1. The van der Waals surface area contributed by atoms with E-state index in [1.54, 1.807) is 11.1 Å². The number of carbonyl (C=O) groups is 1. The standard InChI is InChI=1S/C12H15ClN2O2/c1-12(2,3)17-11(16)15-6-8-4-5-14-10(13)9(8)7-15/h4-5H,6-7H2,1-3H3. The van der Waals surface area contributed by atoms with E-state index in [1.807, 2.05) is 26.8 Å². The Morgan fingerprint density at radius 3 is 2.76 bits per heavy atom. The Morgan fingerprint density at radius 2 is 2.18 bits per heavy atom. The average molecular weight is 255 g/mol. The average Bonchev–Trinajstić information content (AvgIpc) is 2.60. The molecule has 0 spiro atoms. The summed E-state index contributed by atoms with van der Waals surface area (Å²) in [6.45, 7) is 6.55. The lowest BCUT2D eigenvalue weighted by Gasteiger charge is -2.24. The predicted octanol–water partition coefficient (Wildman–Crippen LogP) is 2.99. The van der Waals surface area contributed by atoms with Gasteiger partial charge in [-0.05, 0) is 32.4 Å². The van der Waals surface area contributed by atoms with Crippen molar-refractivity contribution in [1.29, 1.82) is 0 Å². The molecular weight excluding hydrogens is 240 g/mol. The van der Waals surface area contributed by atoms with Crippen molar-refractivity contribution in [2.75, 3.05) is 0 Å². The number of hydrogen-bond donors (Lipinski definition) is 0. The molecule has 0 unspecified atom stereocenters. The Labute approximate surface area is 106 Å². The van der Waals surface area contributed by atoms with Gasteiger partial charge in [0.25, 0.3) is 0 Å². The first kappa shape index (κ1) is 12.2. The fourth-order valence-electron chi connectivity index (χ4n) is 1.73. The van der Waals surface area contributed by atoms with Crippen molar-refractivity contribution < 1.29 is 9.53 Å². The van der Waals surface area contributed by atoms with Gasteiger partial charge < -0.3 is 4.74 Å². The van der Waals surface area contributed by atoms with Crippen LogP contribution in [-0.2, 0) is 17.8 Å². The van der Waals surface area contributed by atoms with Crippen LogP contribution in [0.25, 0.3) is 0 Å². The molecule has 92 valence electrons. The minimum absolute atomic E-state index is 0.315. The Kier molecular flexibility index (Phi) is 3.00. The maximum Gasteiger partial charge on any atom is 0.410 e. The molecule has 0 fully saturated rings. The SMILES string of the molecule is CC(C)(C)OC(=O)N1Cc2ccnc(Cl)c2C1. The van der Waals surface area contributed by atoms with Crippen molar-refractivity contribution in [1.82, 2.24) is 9.88 Å². The normalized spacial score (nSPS) is 14.7. The first-order valence-electron chi connectivity index (χ1n) is 5.47. The molecule has 17 heavy (non-hydrogen) atoms. The minimum atomic E-state index is -0.478. The molecule has 0 saturated carbocycles. The second-order valence-electron chi connectivity index (χ2n) is 5.08. The van der Waals surface area contributed by atoms with Crippen molar-refractivity contribution in [2.45, 2.75) is 39.5 Å². The van der Waals surface area contributed by atoms with Crippen molar-refractivity contribution >= 4 is 17.7 Å². The molecule has 5 heteroatoms. The van der Waals surface area contributed by atoms with E-state index in [0.29, 0.717) is 18.2 Å². The first-order chi connectivity index (χ1) is 7.87. The highest BCUT2D eigenvalue weighted by Crippen LogP contribution is 2.28. The van der Waals surface area contributed by atoms with E-state index in [1.165, 1.54) is 0 Å². The van der Waals surface area contributed by atoms with E-state index in [-0.39, 0.29) is 6.09 Å². The molecule has 4 nitrogen and oxygen atoms in total. The molecule has 2 rings (SSSR count). The molecule has 1 aromatic heterocycles. The number of fused-ring (bicyclic) bond motifs is 1. The van der Waals surface area contributed by atoms with Gasteiger partial charge in [-0.25, -0.2) is 9.78 Å². The molecular formula is C12H15ClN2O2. The van der Waals surface area contributed by atoms with Crippen LogP contribution < -0.4 is 0 Å². The quantitative estimate of drug-likeness (QED) is 0.669. The highest BCUT2D eigenvalue weighted by Gasteiger charge is 2.29. The third kappa shape index (κ3) is 2.69. The number of hydrogen-bond acceptors (Lipinski definition) is 3. The van der Waals surface area contributed by atoms with Gasteiger partial charge in [0.15, 0.2) is 0 Å². The molecule has 0 saturated heterocycles. The fourth-order valence-corrected chi connectivity index (χ4v) is 1.96. The van der Waals surface area contributed by atoms with Crippen LogP contribution in [0, 0.1) is 0 Å². The second kappa shape index (κ2) is 4.18. The van der Waals surface area contributed by atoms with Crippen LogP contribution in [0.3, 0.4) is 0 Å². The summed E-state index contributed by atoms with van der Waals surface area (Å²) in [5, 5.41) is 0.466. The van der Waals surface area contributed by atoms with Crippen LogP contribution in [0.15, 0.2) is 12.3 Å². The van der Waals surface area contributed by atoms with Gasteiger partial charge in [0, 0.05) is 18.3 Å². The predicted molar refractivity (Wildman–Crippen MR) is 64.7 cm³/mol. The Hall–Kier alpha value is -1.29. The number of rotatable bonds is 0. The summed E-state index contributed by atoms with van der Waals surface area (Å²) in [4.78, 5) is 17.5. The third-order valence-corrected chi connectivity index (χ3v) is 2.79. The molecule has 1 aliphatic heterocycles. The van der Waals surface area contributed by atoms with E-state index in [2.05, 4.69) is 4.98 Å². The highest BCUT2D eigenvalue weighted by molar-refractivity contribution is 6.30. The number of nitrogens with zero attached hydrogens (tertiary/aromatic N) is 2. The van der Waals surface area contributed by atoms with Crippen LogP contribution >= 0.6 is 11.6 Å². The Bertz CT molecular complexity index is 454. The summed E-state index contributed by atoms with van der Waals surface area (Å²) >= 11 is 5.98. The molecule has 0 aliphatic carbocycles. The topological polar surface area (TPSA) is 42.4 Å². The molecule has 0 atom stereocenters.